The molecular formula is C13H24N2O2. The SMILES string of the molecule is CCC(=O)N1CC(C)CC(NC(=O)C(C)C)C1. The molecule has 1 fully saturated rings. The zero-order valence-electron chi connectivity index (χ0n) is 11.3. The number of amides is 2. The van der Waals surface area contributed by atoms with Gasteiger partial charge in [0.15, 0.2) is 0 Å². The first-order valence-electron chi connectivity index (χ1n) is 6.52. The molecule has 0 radical (unpaired) electrons. The molecule has 0 aromatic carbocycles. The molecule has 0 bridgehead atoms. The van der Waals surface area contributed by atoms with E-state index in [0.717, 1.165) is 13.0 Å². The fourth-order valence-electron chi connectivity index (χ4n) is 2.25. The van der Waals surface area contributed by atoms with Gasteiger partial charge in [-0.2, -0.15) is 0 Å². The molecule has 98 valence electrons. The minimum absolute atomic E-state index is 0.00237. The van der Waals surface area contributed by atoms with Crippen molar-refractivity contribution in [2.24, 2.45) is 11.8 Å². The highest BCUT2D eigenvalue weighted by atomic mass is 16.2. The summed E-state index contributed by atoms with van der Waals surface area (Å²) in [6.45, 7) is 9.26. The molecule has 1 N–H and O–H groups in total. The van der Waals surface area contributed by atoms with E-state index in [-0.39, 0.29) is 23.8 Å². The maximum absolute atomic E-state index is 11.7. The van der Waals surface area contributed by atoms with Gasteiger partial charge in [-0.25, -0.2) is 0 Å². The lowest BCUT2D eigenvalue weighted by Crippen LogP contribution is -2.52. The van der Waals surface area contributed by atoms with Crippen molar-refractivity contribution in [2.45, 2.75) is 46.6 Å². The average Bonchev–Trinajstić information content (AvgIpc) is 2.26. The third kappa shape index (κ3) is 4.02. The van der Waals surface area contributed by atoms with Crippen LogP contribution in [-0.4, -0.2) is 35.8 Å². The van der Waals surface area contributed by atoms with Crippen LogP contribution in [0.25, 0.3) is 0 Å². The van der Waals surface area contributed by atoms with E-state index in [1.807, 2.05) is 25.7 Å². The van der Waals surface area contributed by atoms with Crippen LogP contribution in [0.5, 0.6) is 0 Å². The summed E-state index contributed by atoms with van der Waals surface area (Å²) >= 11 is 0. The Morgan fingerprint density at radius 1 is 1.35 bits per heavy atom. The molecule has 0 aromatic rings. The van der Waals surface area contributed by atoms with E-state index in [1.54, 1.807) is 0 Å². The fourth-order valence-corrected chi connectivity index (χ4v) is 2.25. The summed E-state index contributed by atoms with van der Waals surface area (Å²) in [5.41, 5.74) is 0. The van der Waals surface area contributed by atoms with Gasteiger partial charge in [0.25, 0.3) is 0 Å². The van der Waals surface area contributed by atoms with E-state index in [9.17, 15) is 9.59 Å². The van der Waals surface area contributed by atoms with Gasteiger partial charge < -0.3 is 10.2 Å². The Morgan fingerprint density at radius 3 is 2.53 bits per heavy atom. The molecule has 1 aliphatic heterocycles. The second-order valence-corrected chi connectivity index (χ2v) is 5.35. The Hall–Kier alpha value is -1.06. The third-order valence-electron chi connectivity index (χ3n) is 3.19. The quantitative estimate of drug-likeness (QED) is 0.810. The molecule has 2 atom stereocenters. The Bertz CT molecular complexity index is 289. The average molecular weight is 240 g/mol. The van der Waals surface area contributed by atoms with E-state index >= 15 is 0 Å². The molecule has 0 saturated carbocycles. The van der Waals surface area contributed by atoms with Crippen LogP contribution in [-0.2, 0) is 9.59 Å². The molecule has 0 aliphatic carbocycles. The maximum Gasteiger partial charge on any atom is 0.222 e. The third-order valence-corrected chi connectivity index (χ3v) is 3.19. The van der Waals surface area contributed by atoms with Crippen molar-refractivity contribution >= 4 is 11.8 Å². The summed E-state index contributed by atoms with van der Waals surface area (Å²) in [7, 11) is 0. The Morgan fingerprint density at radius 2 is 2.00 bits per heavy atom. The zero-order valence-corrected chi connectivity index (χ0v) is 11.3. The summed E-state index contributed by atoms with van der Waals surface area (Å²) < 4.78 is 0. The first-order chi connectivity index (χ1) is 7.93. The van der Waals surface area contributed by atoms with Crippen molar-refractivity contribution in [1.29, 1.82) is 0 Å². The first-order valence-corrected chi connectivity index (χ1v) is 6.52. The molecule has 17 heavy (non-hydrogen) atoms. The second-order valence-electron chi connectivity index (χ2n) is 5.35. The minimum atomic E-state index is 0.00237. The summed E-state index contributed by atoms with van der Waals surface area (Å²) in [4.78, 5) is 25.2. The predicted molar refractivity (Wildman–Crippen MR) is 67.4 cm³/mol. The van der Waals surface area contributed by atoms with Crippen molar-refractivity contribution in [3.05, 3.63) is 0 Å². The van der Waals surface area contributed by atoms with Gasteiger partial charge in [-0.3, -0.25) is 9.59 Å². The Balaban J connectivity index is 2.56. The Kier molecular flexibility index (Phi) is 4.97. The van der Waals surface area contributed by atoms with Crippen molar-refractivity contribution in [3.8, 4) is 0 Å². The minimum Gasteiger partial charge on any atom is -0.351 e. The van der Waals surface area contributed by atoms with Gasteiger partial charge in [0, 0.05) is 31.5 Å². The standard InChI is InChI=1S/C13H24N2O2/c1-5-12(16)15-7-10(4)6-11(8-15)14-13(17)9(2)3/h9-11H,5-8H2,1-4H3,(H,14,17). The zero-order chi connectivity index (χ0) is 13.0. The van der Waals surface area contributed by atoms with Crippen LogP contribution in [0.2, 0.25) is 0 Å². The van der Waals surface area contributed by atoms with Gasteiger partial charge >= 0.3 is 0 Å². The van der Waals surface area contributed by atoms with Crippen LogP contribution in [0, 0.1) is 11.8 Å². The Labute approximate surface area is 104 Å². The van der Waals surface area contributed by atoms with Gasteiger partial charge in [-0.1, -0.05) is 27.7 Å². The molecule has 4 heteroatoms. The number of carbonyl (C=O) groups excluding carboxylic acids is 2. The molecule has 1 saturated heterocycles. The van der Waals surface area contributed by atoms with Gasteiger partial charge in [-0.05, 0) is 12.3 Å². The highest BCUT2D eigenvalue weighted by Gasteiger charge is 2.28. The van der Waals surface area contributed by atoms with Gasteiger partial charge in [0.05, 0.1) is 0 Å². The second kappa shape index (κ2) is 6.03. The molecule has 2 unspecified atom stereocenters. The number of piperidine rings is 1. The van der Waals surface area contributed by atoms with Crippen molar-refractivity contribution in [2.75, 3.05) is 13.1 Å². The van der Waals surface area contributed by atoms with Crippen LogP contribution in [0.1, 0.15) is 40.5 Å². The molecule has 0 aromatic heterocycles. The van der Waals surface area contributed by atoms with Crippen molar-refractivity contribution in [3.63, 3.8) is 0 Å². The summed E-state index contributed by atoms with van der Waals surface area (Å²) in [5.74, 6) is 0.715. The maximum atomic E-state index is 11.7. The molecule has 4 nitrogen and oxygen atoms in total. The normalized spacial score (nSPS) is 24.9. The smallest absolute Gasteiger partial charge is 0.222 e. The number of rotatable bonds is 3. The molecule has 1 aliphatic rings. The van der Waals surface area contributed by atoms with Crippen molar-refractivity contribution < 1.29 is 9.59 Å². The lowest BCUT2D eigenvalue weighted by atomic mass is 9.95. The number of hydrogen-bond acceptors (Lipinski definition) is 2. The molecule has 1 rings (SSSR count). The molecule has 2 amide bonds. The molecular weight excluding hydrogens is 216 g/mol. The summed E-state index contributed by atoms with van der Waals surface area (Å²) in [6.07, 6.45) is 1.50. The van der Waals surface area contributed by atoms with E-state index in [4.69, 9.17) is 0 Å². The van der Waals surface area contributed by atoms with E-state index < -0.39 is 0 Å². The largest absolute Gasteiger partial charge is 0.351 e. The number of carbonyl (C=O) groups is 2. The molecule has 0 spiro atoms. The highest BCUT2D eigenvalue weighted by molar-refractivity contribution is 5.79. The number of likely N-dealkylation sites (tertiary alicyclic amines) is 1. The number of nitrogens with zero attached hydrogens (tertiary/aromatic N) is 1. The number of nitrogens with one attached hydrogen (secondary N) is 1. The van der Waals surface area contributed by atoms with Crippen LogP contribution in [0.4, 0.5) is 0 Å². The lowest BCUT2D eigenvalue weighted by Gasteiger charge is -2.37. The molecule has 1 heterocycles. The van der Waals surface area contributed by atoms with Crippen LogP contribution >= 0.6 is 0 Å². The predicted octanol–water partition coefficient (Wildman–Crippen LogP) is 1.41. The summed E-state index contributed by atoms with van der Waals surface area (Å²) in [6, 6.07) is 0.115. The fraction of sp³-hybridized carbons (Fsp3) is 0.846. The monoisotopic (exact) mass is 240 g/mol. The van der Waals surface area contributed by atoms with E-state index in [1.165, 1.54) is 0 Å². The van der Waals surface area contributed by atoms with E-state index in [2.05, 4.69) is 12.2 Å². The summed E-state index contributed by atoms with van der Waals surface area (Å²) in [5, 5.41) is 3.02. The van der Waals surface area contributed by atoms with Crippen LogP contribution in [0.15, 0.2) is 0 Å². The van der Waals surface area contributed by atoms with Gasteiger partial charge in [-0.15, -0.1) is 0 Å². The van der Waals surface area contributed by atoms with Gasteiger partial charge in [0.1, 0.15) is 0 Å². The van der Waals surface area contributed by atoms with Gasteiger partial charge in [0.2, 0.25) is 11.8 Å². The lowest BCUT2D eigenvalue weighted by molar-refractivity contribution is -0.134. The van der Waals surface area contributed by atoms with Crippen LogP contribution in [0.3, 0.4) is 0 Å². The topological polar surface area (TPSA) is 49.4 Å². The first kappa shape index (κ1) is 14.0. The van der Waals surface area contributed by atoms with Crippen molar-refractivity contribution in [1.82, 2.24) is 10.2 Å². The van der Waals surface area contributed by atoms with Crippen LogP contribution < -0.4 is 5.32 Å². The highest BCUT2D eigenvalue weighted by Crippen LogP contribution is 2.17. The van der Waals surface area contributed by atoms with E-state index in [0.29, 0.717) is 18.9 Å². The number of hydrogen-bond donors (Lipinski definition) is 1.